The topological polar surface area (TPSA) is 139 Å². The van der Waals surface area contributed by atoms with Crippen LogP contribution in [0.4, 0.5) is 0 Å². The lowest BCUT2D eigenvalue weighted by Gasteiger charge is -2.33. The van der Waals surface area contributed by atoms with Crippen molar-refractivity contribution < 1.29 is 37.4 Å². The quantitative estimate of drug-likeness (QED) is 0.265. The summed E-state index contributed by atoms with van der Waals surface area (Å²) in [5.74, 6) is -1.06. The summed E-state index contributed by atoms with van der Waals surface area (Å²) in [5.41, 5.74) is 6.36. The predicted octanol–water partition coefficient (Wildman–Crippen LogP) is 3.71. The van der Waals surface area contributed by atoms with Crippen molar-refractivity contribution in [3.05, 3.63) is 59.8 Å². The van der Waals surface area contributed by atoms with Crippen LogP contribution in [0.3, 0.4) is 0 Å². The minimum atomic E-state index is -3.83. The number of benzene rings is 1. The minimum absolute atomic E-state index is 0.0210. The first-order valence-corrected chi connectivity index (χ1v) is 16.1. The number of nitrogens with one attached hydrogen (secondary N) is 1. The van der Waals surface area contributed by atoms with Crippen LogP contribution in [0.15, 0.2) is 54.3 Å². The Morgan fingerprint density at radius 3 is 2.56 bits per heavy atom. The lowest BCUT2D eigenvalue weighted by Crippen LogP contribution is -2.44. The highest BCUT2D eigenvalue weighted by Crippen LogP contribution is 2.47. The number of nitrogens with zero attached hydrogens (tertiary/aromatic N) is 1. The number of rotatable bonds is 12. The molecular formula is C28H40N3O8PS. The van der Waals surface area contributed by atoms with E-state index in [9.17, 15) is 14.2 Å². The number of carbonyl (C=O) groups excluding carboxylic acids is 2. The molecule has 3 heterocycles. The van der Waals surface area contributed by atoms with E-state index in [-0.39, 0.29) is 31.4 Å². The molecule has 3 aliphatic rings. The summed E-state index contributed by atoms with van der Waals surface area (Å²) in [6, 6.07) is 9.47. The van der Waals surface area contributed by atoms with E-state index in [0.29, 0.717) is 11.3 Å². The first-order chi connectivity index (χ1) is 19.3. The summed E-state index contributed by atoms with van der Waals surface area (Å²) in [5, 5.41) is 2.95. The molecule has 3 N–H and O–H groups in total. The van der Waals surface area contributed by atoms with E-state index in [1.807, 2.05) is 69.9 Å². The van der Waals surface area contributed by atoms with Crippen LogP contribution in [-0.2, 0) is 44.0 Å². The van der Waals surface area contributed by atoms with E-state index >= 15 is 0 Å². The van der Waals surface area contributed by atoms with Crippen molar-refractivity contribution in [3.63, 3.8) is 0 Å². The number of amides is 1. The van der Waals surface area contributed by atoms with Crippen molar-refractivity contribution in [2.45, 2.75) is 71.5 Å². The third-order valence-corrected chi connectivity index (χ3v) is 9.42. The summed E-state index contributed by atoms with van der Waals surface area (Å²) < 4.78 is 44.2. The Morgan fingerprint density at radius 2 is 1.88 bits per heavy atom. The Morgan fingerprint density at radius 1 is 1.17 bits per heavy atom. The number of allylic oxidation sites excluding steroid dienone is 2. The Hall–Kier alpha value is -2.02. The Labute approximate surface area is 245 Å². The zero-order chi connectivity index (χ0) is 29.8. The molecule has 1 aromatic carbocycles. The van der Waals surface area contributed by atoms with Gasteiger partial charge >= 0.3 is 7.75 Å². The van der Waals surface area contributed by atoms with E-state index in [4.69, 9.17) is 29.0 Å². The van der Waals surface area contributed by atoms with Gasteiger partial charge in [0.05, 0.1) is 19.8 Å². The standard InChI is InChI=1S/C28H40N3O8PS/c1-27(2,3)26(33)41-15-14-35-40(34,30-16-19-10-7-6-8-11-19)36-18-21-22-23(39-28(4,5)38-22)25(37-21)31-13-9-12-20(17-31)24(29)32/h6-13,21-23,25H,14-18H2,1-5H3,(H2,29,32)(H,30,34). The molecule has 4 rings (SSSR count). The Bertz CT molecular complexity index is 1200. The lowest BCUT2D eigenvalue weighted by molar-refractivity contribution is -0.204. The molecule has 0 radical (unpaired) electrons. The number of hydrogen-bond acceptors (Lipinski definition) is 10. The number of ether oxygens (including phenoxy) is 3. The fourth-order valence-electron chi connectivity index (χ4n) is 4.56. The molecule has 5 atom stereocenters. The third kappa shape index (κ3) is 8.52. The number of fused-ring (bicyclic) bond motifs is 1. The maximum Gasteiger partial charge on any atom is 0.405 e. The molecule has 0 aliphatic carbocycles. The summed E-state index contributed by atoms with van der Waals surface area (Å²) in [4.78, 5) is 25.9. The average molecular weight is 610 g/mol. The zero-order valence-corrected chi connectivity index (χ0v) is 25.8. The van der Waals surface area contributed by atoms with Crippen LogP contribution in [0.2, 0.25) is 0 Å². The van der Waals surface area contributed by atoms with Crippen LogP contribution < -0.4 is 10.8 Å². The van der Waals surface area contributed by atoms with Gasteiger partial charge in [-0.1, -0.05) is 68.9 Å². The second-order valence-electron chi connectivity index (χ2n) is 11.5. The van der Waals surface area contributed by atoms with Gasteiger partial charge < -0.3 is 24.8 Å². The van der Waals surface area contributed by atoms with Gasteiger partial charge in [-0.25, -0.2) is 9.65 Å². The van der Waals surface area contributed by atoms with Crippen molar-refractivity contribution in [1.29, 1.82) is 0 Å². The van der Waals surface area contributed by atoms with Crippen LogP contribution in [0, 0.1) is 5.41 Å². The molecule has 5 unspecified atom stereocenters. The average Bonchev–Trinajstić information content (AvgIpc) is 3.41. The predicted molar refractivity (Wildman–Crippen MR) is 155 cm³/mol. The van der Waals surface area contributed by atoms with Gasteiger partial charge in [-0.05, 0) is 25.5 Å². The number of nitrogens with two attached hydrogens (primary N) is 1. The number of hydrogen-bond donors (Lipinski definition) is 2. The smallest absolute Gasteiger partial charge is 0.366 e. The van der Waals surface area contributed by atoms with Gasteiger partial charge in [-0.2, -0.15) is 0 Å². The van der Waals surface area contributed by atoms with Crippen molar-refractivity contribution in [1.82, 2.24) is 9.99 Å². The highest BCUT2D eigenvalue weighted by Gasteiger charge is 2.57. The molecule has 0 bridgehead atoms. The van der Waals surface area contributed by atoms with Gasteiger partial charge in [0, 0.05) is 29.5 Å². The summed E-state index contributed by atoms with van der Waals surface area (Å²) in [6.45, 7) is 9.60. The molecule has 0 saturated carbocycles. The largest absolute Gasteiger partial charge is 0.405 e. The van der Waals surface area contributed by atoms with Crippen molar-refractivity contribution in [2.24, 2.45) is 11.1 Å². The molecule has 1 aromatic rings. The minimum Gasteiger partial charge on any atom is -0.366 e. The van der Waals surface area contributed by atoms with Crippen molar-refractivity contribution >= 4 is 30.5 Å². The van der Waals surface area contributed by atoms with Crippen LogP contribution in [0.1, 0.15) is 40.2 Å². The number of primary amides is 1. The van der Waals surface area contributed by atoms with Gasteiger partial charge in [0.1, 0.15) is 18.3 Å². The maximum absolute atomic E-state index is 13.8. The van der Waals surface area contributed by atoms with Crippen LogP contribution in [0.5, 0.6) is 0 Å². The second kappa shape index (κ2) is 13.1. The molecule has 0 spiro atoms. The second-order valence-corrected chi connectivity index (χ2v) is 14.4. The molecule has 11 nitrogen and oxygen atoms in total. The maximum atomic E-state index is 13.8. The molecule has 2 saturated heterocycles. The van der Waals surface area contributed by atoms with E-state index in [1.54, 1.807) is 18.4 Å². The van der Waals surface area contributed by atoms with Crippen molar-refractivity contribution in [3.8, 4) is 0 Å². The number of thioether (sulfide) groups is 1. The SMILES string of the molecule is CC1(C)OC2C(COP(=O)(NCc3ccccc3)OCCSC(=O)C(C)(C)C)OC(N3C=CC=C(C(N)=O)C3)C2O1. The van der Waals surface area contributed by atoms with E-state index in [2.05, 4.69) is 5.09 Å². The molecular weight excluding hydrogens is 569 g/mol. The van der Waals surface area contributed by atoms with E-state index in [0.717, 1.165) is 17.3 Å². The molecule has 13 heteroatoms. The summed E-state index contributed by atoms with van der Waals surface area (Å²) in [6.07, 6.45) is 2.95. The normalized spacial score (nSPS) is 26.9. The van der Waals surface area contributed by atoms with E-state index < -0.39 is 49.4 Å². The molecule has 1 amide bonds. The van der Waals surface area contributed by atoms with Gasteiger partial charge in [-0.3, -0.25) is 18.6 Å². The van der Waals surface area contributed by atoms with Crippen LogP contribution >= 0.6 is 19.5 Å². The van der Waals surface area contributed by atoms with Gasteiger partial charge in [0.15, 0.2) is 17.1 Å². The molecule has 0 aromatic heterocycles. The first-order valence-electron chi connectivity index (χ1n) is 13.6. The molecule has 41 heavy (non-hydrogen) atoms. The third-order valence-electron chi connectivity index (χ3n) is 6.62. The first kappa shape index (κ1) is 31.9. The highest BCUT2D eigenvalue weighted by molar-refractivity contribution is 8.13. The van der Waals surface area contributed by atoms with Crippen LogP contribution in [-0.4, -0.2) is 71.8 Å². The Balaban J connectivity index is 1.43. The lowest BCUT2D eigenvalue weighted by atomic mass is 10.00. The summed E-state index contributed by atoms with van der Waals surface area (Å²) in [7, 11) is -3.83. The Kier molecular flexibility index (Phi) is 10.2. The van der Waals surface area contributed by atoms with Gasteiger partial charge in [0.25, 0.3) is 0 Å². The van der Waals surface area contributed by atoms with E-state index in [1.165, 1.54) is 0 Å². The van der Waals surface area contributed by atoms with Gasteiger partial charge in [-0.15, -0.1) is 0 Å². The molecule has 2 fully saturated rings. The number of carbonyl (C=O) groups is 2. The highest BCUT2D eigenvalue weighted by atomic mass is 32.2. The van der Waals surface area contributed by atoms with Gasteiger partial charge in [0.2, 0.25) is 5.91 Å². The zero-order valence-electron chi connectivity index (χ0n) is 24.1. The monoisotopic (exact) mass is 609 g/mol. The van der Waals surface area contributed by atoms with Crippen molar-refractivity contribution in [2.75, 3.05) is 25.5 Å². The summed E-state index contributed by atoms with van der Waals surface area (Å²) >= 11 is 1.13. The van der Waals surface area contributed by atoms with Crippen LogP contribution in [0.25, 0.3) is 0 Å². The molecule has 3 aliphatic heterocycles. The fraction of sp³-hybridized carbons (Fsp3) is 0.571. The molecule has 226 valence electrons. The fourth-order valence-corrected chi connectivity index (χ4v) is 6.78.